The molecule has 0 aromatic heterocycles. The van der Waals surface area contributed by atoms with Crippen molar-refractivity contribution >= 4 is 34.4 Å². The van der Waals surface area contributed by atoms with Gasteiger partial charge in [0, 0.05) is 24.4 Å². The van der Waals surface area contributed by atoms with Crippen LogP contribution in [0.5, 0.6) is 0 Å². The van der Waals surface area contributed by atoms with Gasteiger partial charge in [-0.15, -0.1) is 5.11 Å². The van der Waals surface area contributed by atoms with E-state index in [0.29, 0.717) is 11.4 Å². The number of azo groups is 1. The van der Waals surface area contributed by atoms with Crippen LogP contribution in [0.25, 0.3) is 0 Å². The van der Waals surface area contributed by atoms with Crippen molar-refractivity contribution in [2.45, 2.75) is 6.92 Å². The summed E-state index contributed by atoms with van der Waals surface area (Å²) in [6.45, 7) is 2.86. The molecule has 0 fully saturated rings. The Kier molecular flexibility index (Phi) is 4.84. The van der Waals surface area contributed by atoms with Gasteiger partial charge in [0.1, 0.15) is 5.69 Å². The van der Waals surface area contributed by atoms with Gasteiger partial charge in [-0.05, 0) is 37.3 Å². The number of nitrogens with one attached hydrogen (secondary N) is 1. The Morgan fingerprint density at radius 1 is 1.19 bits per heavy atom. The fourth-order valence-electron chi connectivity index (χ4n) is 1.65. The third kappa shape index (κ3) is 4.00. The van der Waals surface area contributed by atoms with E-state index in [1.807, 2.05) is 31.2 Å². The average Bonchev–Trinajstić information content (AvgIpc) is 2.47. The van der Waals surface area contributed by atoms with Gasteiger partial charge in [0.15, 0.2) is 0 Å². The van der Waals surface area contributed by atoms with Gasteiger partial charge in [-0.2, -0.15) is 5.11 Å². The minimum Gasteiger partial charge on any atom is -0.385 e. The van der Waals surface area contributed by atoms with Crippen molar-refractivity contribution in [3.8, 4) is 0 Å². The lowest BCUT2D eigenvalue weighted by atomic mass is 10.3. The first kappa shape index (κ1) is 14.9. The first-order valence-electron chi connectivity index (χ1n) is 6.30. The molecule has 0 heterocycles. The van der Waals surface area contributed by atoms with Gasteiger partial charge in [-0.3, -0.25) is 10.1 Å². The molecule has 2 rings (SSSR count). The minimum atomic E-state index is -0.508. The lowest BCUT2D eigenvalue weighted by molar-refractivity contribution is -0.384. The summed E-state index contributed by atoms with van der Waals surface area (Å²) in [5.41, 5.74) is 1.99. The zero-order chi connectivity index (χ0) is 15.2. The maximum atomic E-state index is 10.6. The summed E-state index contributed by atoms with van der Waals surface area (Å²) in [5, 5.41) is 22.0. The third-order valence-electron chi connectivity index (χ3n) is 2.66. The average molecular weight is 305 g/mol. The van der Waals surface area contributed by atoms with Crippen molar-refractivity contribution in [1.82, 2.24) is 0 Å². The zero-order valence-corrected chi connectivity index (χ0v) is 12.0. The summed E-state index contributed by atoms with van der Waals surface area (Å²) >= 11 is 5.94. The Balaban J connectivity index is 2.15. The van der Waals surface area contributed by atoms with E-state index in [1.165, 1.54) is 18.2 Å². The predicted octanol–water partition coefficient (Wildman–Crippen LogP) is 5.10. The maximum Gasteiger partial charge on any atom is 0.271 e. The second-order valence-electron chi connectivity index (χ2n) is 4.17. The van der Waals surface area contributed by atoms with Gasteiger partial charge < -0.3 is 5.32 Å². The van der Waals surface area contributed by atoms with Gasteiger partial charge in [-0.25, -0.2) is 0 Å². The molecule has 7 heteroatoms. The third-order valence-corrected chi connectivity index (χ3v) is 2.97. The highest BCUT2D eigenvalue weighted by Gasteiger charge is 2.08. The molecule has 0 aliphatic rings. The van der Waals surface area contributed by atoms with Gasteiger partial charge in [-0.1, -0.05) is 11.6 Å². The smallest absolute Gasteiger partial charge is 0.271 e. The van der Waals surface area contributed by atoms with Crippen LogP contribution in [-0.2, 0) is 0 Å². The number of anilines is 1. The summed E-state index contributed by atoms with van der Waals surface area (Å²) in [6, 6.07) is 11.5. The molecule has 1 N–H and O–H groups in total. The standard InChI is InChI=1S/C14H13ClN4O2/c1-2-16-10-3-5-11(6-4-10)17-18-14-8-7-12(19(20)21)9-13(14)15/h3-9,16H,2H2,1H3. The van der Waals surface area contributed by atoms with Crippen LogP contribution in [0, 0.1) is 10.1 Å². The first-order valence-corrected chi connectivity index (χ1v) is 6.67. The molecule has 0 bridgehead atoms. The van der Waals surface area contributed by atoms with Gasteiger partial charge in [0.05, 0.1) is 15.6 Å². The molecular weight excluding hydrogens is 292 g/mol. The number of nitro benzene ring substituents is 1. The normalized spacial score (nSPS) is 10.8. The van der Waals surface area contributed by atoms with Crippen LogP contribution in [0.4, 0.5) is 22.7 Å². The van der Waals surface area contributed by atoms with E-state index < -0.39 is 4.92 Å². The second kappa shape index (κ2) is 6.81. The highest BCUT2D eigenvalue weighted by molar-refractivity contribution is 6.33. The molecule has 0 saturated carbocycles. The van der Waals surface area contributed by atoms with E-state index in [-0.39, 0.29) is 10.7 Å². The van der Waals surface area contributed by atoms with Crippen LogP contribution in [0.1, 0.15) is 6.92 Å². The van der Waals surface area contributed by atoms with Gasteiger partial charge in [0.2, 0.25) is 0 Å². The molecule has 0 unspecified atom stereocenters. The monoisotopic (exact) mass is 304 g/mol. The van der Waals surface area contributed by atoms with Crippen LogP contribution >= 0.6 is 11.6 Å². The van der Waals surface area contributed by atoms with Crippen molar-refractivity contribution in [1.29, 1.82) is 0 Å². The molecule has 0 aliphatic heterocycles. The summed E-state index contributed by atoms with van der Waals surface area (Å²) in [5.74, 6) is 0. The van der Waals surface area contributed by atoms with Crippen molar-refractivity contribution in [3.05, 3.63) is 57.6 Å². The Labute approximate surface area is 126 Å². The summed E-state index contributed by atoms with van der Waals surface area (Å²) < 4.78 is 0. The summed E-state index contributed by atoms with van der Waals surface area (Å²) in [4.78, 5) is 10.1. The summed E-state index contributed by atoms with van der Waals surface area (Å²) in [7, 11) is 0. The fraction of sp³-hybridized carbons (Fsp3) is 0.143. The van der Waals surface area contributed by atoms with Crippen LogP contribution in [-0.4, -0.2) is 11.5 Å². The van der Waals surface area contributed by atoms with E-state index in [2.05, 4.69) is 15.5 Å². The Hall–Kier alpha value is -2.47. The Morgan fingerprint density at radius 3 is 2.48 bits per heavy atom. The Morgan fingerprint density at radius 2 is 1.90 bits per heavy atom. The number of non-ortho nitro benzene ring substituents is 1. The van der Waals surface area contributed by atoms with Gasteiger partial charge in [0.25, 0.3) is 5.69 Å². The second-order valence-corrected chi connectivity index (χ2v) is 4.58. The summed E-state index contributed by atoms with van der Waals surface area (Å²) in [6.07, 6.45) is 0. The molecule has 2 aromatic carbocycles. The quantitative estimate of drug-likeness (QED) is 0.474. The lowest BCUT2D eigenvalue weighted by Gasteiger charge is -2.02. The number of rotatable bonds is 5. The van der Waals surface area contributed by atoms with Crippen molar-refractivity contribution in [2.24, 2.45) is 10.2 Å². The number of nitrogens with zero attached hydrogens (tertiary/aromatic N) is 3. The molecule has 0 aliphatic carbocycles. The minimum absolute atomic E-state index is 0.0751. The molecule has 0 atom stereocenters. The van der Waals surface area contributed by atoms with Crippen LogP contribution < -0.4 is 5.32 Å². The van der Waals surface area contributed by atoms with Crippen LogP contribution in [0.15, 0.2) is 52.7 Å². The Bertz CT molecular complexity index is 671. The fourth-order valence-corrected chi connectivity index (χ4v) is 1.86. The number of nitro groups is 1. The highest BCUT2D eigenvalue weighted by Crippen LogP contribution is 2.30. The largest absolute Gasteiger partial charge is 0.385 e. The molecule has 21 heavy (non-hydrogen) atoms. The number of hydrogen-bond acceptors (Lipinski definition) is 5. The van der Waals surface area contributed by atoms with Crippen molar-refractivity contribution in [2.75, 3.05) is 11.9 Å². The molecule has 6 nitrogen and oxygen atoms in total. The van der Waals surface area contributed by atoms with Crippen molar-refractivity contribution in [3.63, 3.8) is 0 Å². The molecule has 2 aromatic rings. The lowest BCUT2D eigenvalue weighted by Crippen LogP contribution is -1.94. The number of benzene rings is 2. The van der Waals surface area contributed by atoms with E-state index in [9.17, 15) is 10.1 Å². The van der Waals surface area contributed by atoms with Crippen molar-refractivity contribution < 1.29 is 4.92 Å². The number of hydrogen-bond donors (Lipinski definition) is 1. The van der Waals surface area contributed by atoms with Crippen LogP contribution in [0.3, 0.4) is 0 Å². The molecule has 0 spiro atoms. The van der Waals surface area contributed by atoms with E-state index in [0.717, 1.165) is 12.2 Å². The molecule has 0 amide bonds. The van der Waals surface area contributed by atoms with E-state index in [1.54, 1.807) is 0 Å². The van der Waals surface area contributed by atoms with Crippen LogP contribution in [0.2, 0.25) is 5.02 Å². The number of halogens is 1. The topological polar surface area (TPSA) is 79.9 Å². The van der Waals surface area contributed by atoms with E-state index in [4.69, 9.17) is 11.6 Å². The van der Waals surface area contributed by atoms with E-state index >= 15 is 0 Å². The first-order chi connectivity index (χ1) is 10.1. The molecule has 0 saturated heterocycles. The van der Waals surface area contributed by atoms with Gasteiger partial charge >= 0.3 is 0 Å². The predicted molar refractivity (Wildman–Crippen MR) is 82.9 cm³/mol. The SMILES string of the molecule is CCNc1ccc(N=Nc2ccc([N+](=O)[O-])cc2Cl)cc1. The molecule has 108 valence electrons. The molecule has 0 radical (unpaired) electrons. The maximum absolute atomic E-state index is 10.6. The zero-order valence-electron chi connectivity index (χ0n) is 11.3. The highest BCUT2D eigenvalue weighted by atomic mass is 35.5. The molecular formula is C14H13ClN4O2.